The standard InChI is InChI=1S/C9H11ClN2O3S2/c1-12-5-6(4-8(12)13)11-17(14,15)9-3-2-7(10)16-9/h2-3,6,11H,4-5H2,1H3. The van der Waals surface area contributed by atoms with Crippen molar-refractivity contribution in [2.75, 3.05) is 13.6 Å². The molecule has 1 unspecified atom stereocenters. The lowest BCUT2D eigenvalue weighted by Gasteiger charge is -2.11. The molecule has 17 heavy (non-hydrogen) atoms. The van der Waals surface area contributed by atoms with Crippen LogP contribution in [-0.4, -0.2) is 38.9 Å². The largest absolute Gasteiger partial charge is 0.344 e. The highest BCUT2D eigenvalue weighted by molar-refractivity contribution is 7.91. The summed E-state index contributed by atoms with van der Waals surface area (Å²) in [5, 5.41) is 0. The van der Waals surface area contributed by atoms with Crippen molar-refractivity contribution in [1.82, 2.24) is 9.62 Å². The van der Waals surface area contributed by atoms with E-state index in [-0.39, 0.29) is 22.6 Å². The molecule has 1 N–H and O–H groups in total. The van der Waals surface area contributed by atoms with Crippen molar-refractivity contribution in [3.8, 4) is 0 Å². The molecule has 0 aromatic carbocycles. The Kier molecular flexibility index (Phi) is 3.44. The Morgan fingerprint density at radius 2 is 2.24 bits per heavy atom. The topological polar surface area (TPSA) is 66.5 Å². The molecule has 5 nitrogen and oxygen atoms in total. The Hall–Kier alpha value is -0.630. The van der Waals surface area contributed by atoms with Crippen molar-refractivity contribution < 1.29 is 13.2 Å². The molecule has 0 saturated carbocycles. The van der Waals surface area contributed by atoms with Crippen LogP contribution < -0.4 is 4.72 Å². The summed E-state index contributed by atoms with van der Waals surface area (Å²) in [6.45, 7) is 0.400. The van der Waals surface area contributed by atoms with Crippen LogP contribution in [0.5, 0.6) is 0 Å². The van der Waals surface area contributed by atoms with E-state index in [1.165, 1.54) is 17.0 Å². The molecule has 1 saturated heterocycles. The molecule has 1 atom stereocenters. The molecule has 1 aromatic rings. The first-order valence-electron chi connectivity index (χ1n) is 4.90. The fourth-order valence-electron chi connectivity index (χ4n) is 1.66. The molecule has 2 heterocycles. The fraction of sp³-hybridized carbons (Fsp3) is 0.444. The highest BCUT2D eigenvalue weighted by Gasteiger charge is 2.31. The van der Waals surface area contributed by atoms with E-state index < -0.39 is 10.0 Å². The van der Waals surface area contributed by atoms with Gasteiger partial charge in [-0.25, -0.2) is 13.1 Å². The number of thiophene rings is 1. The predicted molar refractivity (Wildman–Crippen MR) is 65.7 cm³/mol. The number of amides is 1. The van der Waals surface area contributed by atoms with Crippen LogP contribution >= 0.6 is 22.9 Å². The Morgan fingerprint density at radius 1 is 1.53 bits per heavy atom. The van der Waals surface area contributed by atoms with Gasteiger partial charge in [0.1, 0.15) is 4.21 Å². The lowest BCUT2D eigenvalue weighted by atomic mass is 10.3. The molecule has 0 aliphatic carbocycles. The molecule has 94 valence electrons. The van der Waals surface area contributed by atoms with Gasteiger partial charge in [0.25, 0.3) is 0 Å². The molecular formula is C9H11ClN2O3S2. The van der Waals surface area contributed by atoms with Gasteiger partial charge in [-0.1, -0.05) is 11.6 Å². The van der Waals surface area contributed by atoms with Crippen LogP contribution in [0.25, 0.3) is 0 Å². The molecule has 0 spiro atoms. The van der Waals surface area contributed by atoms with Gasteiger partial charge in [-0.15, -0.1) is 11.3 Å². The van der Waals surface area contributed by atoms with E-state index in [1.807, 2.05) is 0 Å². The summed E-state index contributed by atoms with van der Waals surface area (Å²) in [6.07, 6.45) is 0.203. The minimum absolute atomic E-state index is 0.0538. The SMILES string of the molecule is CN1CC(NS(=O)(=O)c2ccc(Cl)s2)CC1=O. The van der Waals surface area contributed by atoms with E-state index in [0.29, 0.717) is 10.9 Å². The number of nitrogens with one attached hydrogen (secondary N) is 1. The van der Waals surface area contributed by atoms with Gasteiger partial charge in [0.05, 0.1) is 4.34 Å². The Labute approximate surface area is 108 Å². The van der Waals surface area contributed by atoms with Gasteiger partial charge in [-0.05, 0) is 12.1 Å². The number of rotatable bonds is 3. The second kappa shape index (κ2) is 4.56. The fourth-order valence-corrected chi connectivity index (χ4v) is 4.39. The van der Waals surface area contributed by atoms with Gasteiger partial charge in [0, 0.05) is 26.1 Å². The lowest BCUT2D eigenvalue weighted by molar-refractivity contribution is -0.126. The molecular weight excluding hydrogens is 284 g/mol. The van der Waals surface area contributed by atoms with Gasteiger partial charge in [0.2, 0.25) is 15.9 Å². The summed E-state index contributed by atoms with van der Waals surface area (Å²) >= 11 is 6.69. The number of nitrogens with zero attached hydrogens (tertiary/aromatic N) is 1. The number of halogens is 1. The molecule has 1 amide bonds. The Balaban J connectivity index is 2.11. The van der Waals surface area contributed by atoms with Gasteiger partial charge in [-0.3, -0.25) is 4.79 Å². The zero-order valence-corrected chi connectivity index (χ0v) is 11.4. The van der Waals surface area contributed by atoms with E-state index >= 15 is 0 Å². The van der Waals surface area contributed by atoms with E-state index in [9.17, 15) is 13.2 Å². The summed E-state index contributed by atoms with van der Waals surface area (Å²) < 4.78 is 27.0. The molecule has 1 aromatic heterocycles. The van der Waals surface area contributed by atoms with E-state index in [0.717, 1.165) is 11.3 Å². The van der Waals surface area contributed by atoms with Crippen LogP contribution in [0, 0.1) is 0 Å². The average Bonchev–Trinajstić information content (AvgIpc) is 2.75. The zero-order chi connectivity index (χ0) is 12.6. The van der Waals surface area contributed by atoms with Crippen molar-refractivity contribution in [2.45, 2.75) is 16.7 Å². The summed E-state index contributed by atoms with van der Waals surface area (Å²) in [4.78, 5) is 12.8. The number of hydrogen-bond donors (Lipinski definition) is 1. The molecule has 1 fully saturated rings. The van der Waals surface area contributed by atoms with Gasteiger partial charge >= 0.3 is 0 Å². The Bertz CT molecular complexity index is 540. The third kappa shape index (κ3) is 2.79. The molecule has 0 bridgehead atoms. The van der Waals surface area contributed by atoms with Crippen molar-refractivity contribution in [3.05, 3.63) is 16.5 Å². The van der Waals surface area contributed by atoms with Crippen LogP contribution in [0.4, 0.5) is 0 Å². The smallest absolute Gasteiger partial charge is 0.250 e. The van der Waals surface area contributed by atoms with Crippen molar-refractivity contribution in [1.29, 1.82) is 0 Å². The van der Waals surface area contributed by atoms with Crippen LogP contribution in [0.3, 0.4) is 0 Å². The molecule has 2 rings (SSSR count). The van der Waals surface area contributed by atoms with Crippen molar-refractivity contribution >= 4 is 38.9 Å². The van der Waals surface area contributed by atoms with E-state index in [1.54, 1.807) is 7.05 Å². The van der Waals surface area contributed by atoms with Gasteiger partial charge in [-0.2, -0.15) is 0 Å². The number of carbonyl (C=O) groups excluding carboxylic acids is 1. The number of hydrogen-bond acceptors (Lipinski definition) is 4. The lowest BCUT2D eigenvalue weighted by Crippen LogP contribution is -2.36. The third-order valence-corrected chi connectivity index (χ3v) is 5.72. The number of likely N-dealkylation sites (N-methyl/N-ethyl adjacent to an activating group) is 1. The molecule has 8 heteroatoms. The molecule has 1 aliphatic rings. The van der Waals surface area contributed by atoms with Crippen LogP contribution in [-0.2, 0) is 14.8 Å². The zero-order valence-electron chi connectivity index (χ0n) is 9.01. The maximum absolute atomic E-state index is 11.9. The summed E-state index contributed by atoms with van der Waals surface area (Å²) in [7, 11) is -1.91. The van der Waals surface area contributed by atoms with Crippen molar-refractivity contribution in [2.24, 2.45) is 0 Å². The highest BCUT2D eigenvalue weighted by atomic mass is 35.5. The molecule has 0 radical (unpaired) electrons. The second-order valence-electron chi connectivity index (χ2n) is 3.86. The van der Waals surface area contributed by atoms with Gasteiger partial charge in [0.15, 0.2) is 0 Å². The van der Waals surface area contributed by atoms with Crippen LogP contribution in [0.2, 0.25) is 4.34 Å². The van der Waals surface area contributed by atoms with E-state index in [4.69, 9.17) is 11.6 Å². The maximum atomic E-state index is 11.9. The number of sulfonamides is 1. The minimum atomic E-state index is -3.56. The predicted octanol–water partition coefficient (Wildman–Crippen LogP) is 0.910. The van der Waals surface area contributed by atoms with Gasteiger partial charge < -0.3 is 4.90 Å². The number of carbonyl (C=O) groups is 1. The third-order valence-electron chi connectivity index (χ3n) is 2.48. The summed E-state index contributed by atoms with van der Waals surface area (Å²) in [5.41, 5.74) is 0. The van der Waals surface area contributed by atoms with E-state index in [2.05, 4.69) is 4.72 Å². The second-order valence-corrected chi connectivity index (χ2v) is 7.51. The first-order chi connectivity index (χ1) is 7.88. The molecule has 1 aliphatic heterocycles. The average molecular weight is 295 g/mol. The quantitative estimate of drug-likeness (QED) is 0.901. The van der Waals surface area contributed by atoms with Crippen LogP contribution in [0.15, 0.2) is 16.3 Å². The highest BCUT2D eigenvalue weighted by Crippen LogP contribution is 2.26. The first-order valence-corrected chi connectivity index (χ1v) is 7.58. The van der Waals surface area contributed by atoms with Crippen LogP contribution in [0.1, 0.15) is 6.42 Å². The normalized spacial score (nSPS) is 21.2. The maximum Gasteiger partial charge on any atom is 0.250 e. The minimum Gasteiger partial charge on any atom is -0.344 e. The summed E-state index contributed by atoms with van der Waals surface area (Å²) in [5.74, 6) is -0.0538. The summed E-state index contributed by atoms with van der Waals surface area (Å²) in [6, 6.07) is 2.63. The Morgan fingerprint density at radius 3 is 2.71 bits per heavy atom. The monoisotopic (exact) mass is 294 g/mol. The number of likely N-dealkylation sites (tertiary alicyclic amines) is 1. The first kappa shape index (κ1) is 12.8. The van der Waals surface area contributed by atoms with Crippen molar-refractivity contribution in [3.63, 3.8) is 0 Å².